The van der Waals surface area contributed by atoms with Crippen LogP contribution in [-0.4, -0.2) is 56.1 Å². The first-order chi connectivity index (χ1) is 15.6. The van der Waals surface area contributed by atoms with Crippen molar-refractivity contribution in [1.82, 2.24) is 0 Å². The fraction of sp³-hybridized carbons (Fsp3) is 0.458. The monoisotopic (exact) mass is 518 g/mol. The molecule has 0 amide bonds. The van der Waals surface area contributed by atoms with E-state index in [-0.39, 0.29) is 31.7 Å². The number of methoxy groups -OCH3 is 1. The summed E-state index contributed by atoms with van der Waals surface area (Å²) in [6.45, 7) is 5.88. The Bertz CT molecular complexity index is 894. The lowest BCUT2D eigenvalue weighted by Gasteiger charge is -2.27. The lowest BCUT2D eigenvalue weighted by molar-refractivity contribution is -0.150. The molecule has 0 radical (unpaired) electrons. The fourth-order valence-electron chi connectivity index (χ4n) is 3.14. The van der Waals surface area contributed by atoms with Gasteiger partial charge in [-0.15, -0.1) is 11.6 Å². The second-order valence-corrected chi connectivity index (χ2v) is 9.16. The van der Waals surface area contributed by atoms with Crippen molar-refractivity contribution in [2.24, 2.45) is 0 Å². The van der Waals surface area contributed by atoms with Crippen LogP contribution in [0.3, 0.4) is 0 Å². The molecule has 0 saturated heterocycles. The number of esters is 1. The van der Waals surface area contributed by atoms with Crippen molar-refractivity contribution in [1.29, 1.82) is 0 Å². The Labute approximate surface area is 209 Å². The molecule has 0 saturated carbocycles. The van der Waals surface area contributed by atoms with Gasteiger partial charge in [-0.1, -0.05) is 49.2 Å². The van der Waals surface area contributed by atoms with Crippen LogP contribution in [0.2, 0.25) is 10.0 Å². The minimum Gasteiger partial charge on any atom is -0.490 e. The molecule has 9 heteroatoms. The maximum absolute atomic E-state index is 11.2. The number of ether oxygens (including phenoxy) is 4. The number of hydrogen-bond donors (Lipinski definition) is 1. The average Bonchev–Trinajstić information content (AvgIpc) is 2.76. The van der Waals surface area contributed by atoms with Gasteiger partial charge in [-0.3, -0.25) is 4.79 Å². The van der Waals surface area contributed by atoms with Crippen LogP contribution < -0.4 is 9.47 Å². The van der Waals surface area contributed by atoms with Crippen molar-refractivity contribution in [3.63, 3.8) is 0 Å². The molecule has 2 aromatic carbocycles. The highest BCUT2D eigenvalue weighted by Gasteiger charge is 2.26. The van der Waals surface area contributed by atoms with E-state index in [4.69, 9.17) is 53.8 Å². The fourth-order valence-corrected chi connectivity index (χ4v) is 3.83. The van der Waals surface area contributed by atoms with Crippen LogP contribution in [0.4, 0.5) is 0 Å². The van der Waals surface area contributed by atoms with Gasteiger partial charge in [-0.2, -0.15) is 0 Å². The zero-order chi connectivity index (χ0) is 24.6. The number of alkyl halides is 1. The molecule has 0 spiro atoms. The lowest BCUT2D eigenvalue weighted by Crippen LogP contribution is -2.28. The summed E-state index contributed by atoms with van der Waals surface area (Å²) in [5, 5.41) is 10.3. The number of aliphatic hydroxyl groups excluding tert-OH is 1. The van der Waals surface area contributed by atoms with E-state index in [2.05, 4.69) is 13.8 Å². The molecule has 2 rings (SSSR count). The summed E-state index contributed by atoms with van der Waals surface area (Å²) in [7, 11) is 1.54. The molecule has 182 valence electrons. The first kappa shape index (κ1) is 27.5. The second-order valence-electron chi connectivity index (χ2n) is 8.04. The standard InChI is InChI=1S/C24H29Cl3O6/c1-15(28)33-20(13-30-4)14-31-19-7-5-16(6-8-19)24(2,3)17-9-21(26)23(22(27)10-17)32-12-18(29)11-25/h5-10,18,20,29H,11-14H2,1-4H3. The summed E-state index contributed by atoms with van der Waals surface area (Å²) in [6.07, 6.45) is -1.30. The Morgan fingerprint density at radius 1 is 1.00 bits per heavy atom. The molecular weight excluding hydrogens is 491 g/mol. The predicted octanol–water partition coefficient (Wildman–Crippen LogP) is 5.25. The molecule has 0 aliphatic heterocycles. The van der Waals surface area contributed by atoms with E-state index in [9.17, 15) is 9.90 Å². The Kier molecular flexibility index (Phi) is 10.6. The van der Waals surface area contributed by atoms with Gasteiger partial charge in [-0.25, -0.2) is 0 Å². The largest absolute Gasteiger partial charge is 0.490 e. The zero-order valence-corrected chi connectivity index (χ0v) is 21.3. The van der Waals surface area contributed by atoms with Gasteiger partial charge < -0.3 is 24.1 Å². The minimum absolute atomic E-state index is 0.00413. The van der Waals surface area contributed by atoms with Crippen molar-refractivity contribution in [3.8, 4) is 11.5 Å². The third-order valence-corrected chi connectivity index (χ3v) is 5.93. The Morgan fingerprint density at radius 2 is 1.61 bits per heavy atom. The first-order valence-electron chi connectivity index (χ1n) is 10.3. The van der Waals surface area contributed by atoms with E-state index in [0.29, 0.717) is 21.5 Å². The first-order valence-corrected chi connectivity index (χ1v) is 11.6. The normalized spacial score (nSPS) is 13.3. The van der Waals surface area contributed by atoms with Gasteiger partial charge in [0.2, 0.25) is 0 Å². The summed E-state index contributed by atoms with van der Waals surface area (Å²) < 4.78 is 21.5. The molecule has 6 nitrogen and oxygen atoms in total. The van der Waals surface area contributed by atoms with Crippen LogP contribution in [0.5, 0.6) is 11.5 Å². The summed E-state index contributed by atoms with van der Waals surface area (Å²) in [5.74, 6) is 0.614. The van der Waals surface area contributed by atoms with E-state index in [1.807, 2.05) is 24.3 Å². The smallest absolute Gasteiger partial charge is 0.303 e. The van der Waals surface area contributed by atoms with E-state index >= 15 is 0 Å². The molecule has 0 bridgehead atoms. The predicted molar refractivity (Wildman–Crippen MR) is 130 cm³/mol. The highest BCUT2D eigenvalue weighted by Crippen LogP contribution is 2.40. The molecule has 0 aliphatic carbocycles. The summed E-state index contributed by atoms with van der Waals surface area (Å²) in [5.41, 5.74) is 1.49. The van der Waals surface area contributed by atoms with Gasteiger partial charge >= 0.3 is 5.97 Å². The van der Waals surface area contributed by atoms with Gasteiger partial charge in [0.1, 0.15) is 25.1 Å². The molecule has 0 fully saturated rings. The van der Waals surface area contributed by atoms with Crippen LogP contribution >= 0.6 is 34.8 Å². The number of carbonyl (C=O) groups is 1. The summed E-state index contributed by atoms with van der Waals surface area (Å²) >= 11 is 18.4. The number of rotatable bonds is 12. The topological polar surface area (TPSA) is 74.2 Å². The van der Waals surface area contributed by atoms with Crippen molar-refractivity contribution in [2.45, 2.75) is 38.4 Å². The molecule has 1 N–H and O–H groups in total. The van der Waals surface area contributed by atoms with Crippen LogP contribution in [-0.2, 0) is 19.7 Å². The Balaban J connectivity index is 2.14. The molecule has 2 unspecified atom stereocenters. The lowest BCUT2D eigenvalue weighted by atomic mass is 9.78. The third-order valence-electron chi connectivity index (χ3n) is 5.02. The number of hydrogen-bond acceptors (Lipinski definition) is 6. The molecular formula is C24H29Cl3O6. The van der Waals surface area contributed by atoms with Gasteiger partial charge in [0.05, 0.1) is 22.5 Å². The van der Waals surface area contributed by atoms with Crippen LogP contribution in [0, 0.1) is 0 Å². The molecule has 2 aromatic rings. The van der Waals surface area contributed by atoms with Crippen LogP contribution in [0.25, 0.3) is 0 Å². The van der Waals surface area contributed by atoms with Gasteiger partial charge in [-0.05, 0) is 35.4 Å². The summed E-state index contributed by atoms with van der Waals surface area (Å²) in [6, 6.07) is 11.2. The van der Waals surface area contributed by atoms with Crippen LogP contribution in [0.1, 0.15) is 31.9 Å². The quantitative estimate of drug-likeness (QED) is 0.305. The second kappa shape index (κ2) is 12.7. The van der Waals surface area contributed by atoms with Crippen molar-refractivity contribution >= 4 is 40.8 Å². The molecule has 0 aliphatic rings. The van der Waals surface area contributed by atoms with Crippen molar-refractivity contribution < 1.29 is 28.8 Å². The van der Waals surface area contributed by atoms with Gasteiger partial charge in [0, 0.05) is 19.4 Å². The maximum Gasteiger partial charge on any atom is 0.303 e. The molecule has 2 atom stereocenters. The third kappa shape index (κ3) is 7.94. The Morgan fingerprint density at radius 3 is 2.12 bits per heavy atom. The summed E-state index contributed by atoms with van der Waals surface area (Å²) in [4.78, 5) is 11.2. The van der Waals surface area contributed by atoms with E-state index in [1.54, 1.807) is 12.1 Å². The number of halogens is 3. The van der Waals surface area contributed by atoms with Gasteiger partial charge in [0.15, 0.2) is 11.9 Å². The average molecular weight is 520 g/mol. The zero-order valence-electron chi connectivity index (χ0n) is 19.1. The molecule has 0 heterocycles. The van der Waals surface area contributed by atoms with E-state index in [1.165, 1.54) is 14.0 Å². The highest BCUT2D eigenvalue weighted by molar-refractivity contribution is 6.37. The van der Waals surface area contributed by atoms with Crippen LogP contribution in [0.15, 0.2) is 36.4 Å². The van der Waals surface area contributed by atoms with Crippen molar-refractivity contribution in [2.75, 3.05) is 32.8 Å². The van der Waals surface area contributed by atoms with Crippen molar-refractivity contribution in [3.05, 3.63) is 57.6 Å². The van der Waals surface area contributed by atoms with Gasteiger partial charge in [0.25, 0.3) is 0 Å². The minimum atomic E-state index is -0.811. The number of benzene rings is 2. The maximum atomic E-state index is 11.2. The molecule has 0 aromatic heterocycles. The number of aliphatic hydroxyl groups is 1. The van der Waals surface area contributed by atoms with E-state index in [0.717, 1.165) is 11.1 Å². The number of carbonyl (C=O) groups excluding carboxylic acids is 1. The van der Waals surface area contributed by atoms with E-state index < -0.39 is 17.6 Å². The SMILES string of the molecule is COCC(COc1ccc(C(C)(C)c2cc(Cl)c(OCC(O)CCl)c(Cl)c2)cc1)OC(C)=O. The highest BCUT2D eigenvalue weighted by atomic mass is 35.5. The molecule has 33 heavy (non-hydrogen) atoms. The Hall–Kier alpha value is -1.70.